The maximum Gasteiger partial charge on any atom is 0.336 e. The Morgan fingerprint density at radius 2 is 1.91 bits per heavy atom. The second-order valence-corrected chi connectivity index (χ2v) is 8.32. The van der Waals surface area contributed by atoms with Crippen molar-refractivity contribution in [3.63, 3.8) is 0 Å². The van der Waals surface area contributed by atoms with Crippen molar-refractivity contribution in [3.8, 4) is 17.2 Å². The van der Waals surface area contributed by atoms with Gasteiger partial charge in [-0.05, 0) is 61.7 Å². The van der Waals surface area contributed by atoms with Gasteiger partial charge < -0.3 is 23.4 Å². The van der Waals surface area contributed by atoms with Gasteiger partial charge in [0.2, 0.25) is 0 Å². The zero-order valence-electron chi connectivity index (χ0n) is 18.6. The summed E-state index contributed by atoms with van der Waals surface area (Å²) in [5.41, 5.74) is 1.10. The molecule has 0 saturated carbocycles. The minimum absolute atomic E-state index is 0.200. The van der Waals surface area contributed by atoms with E-state index in [-0.39, 0.29) is 12.4 Å². The molecule has 0 unspecified atom stereocenters. The molecule has 0 N–H and O–H groups in total. The average molecular weight is 438 g/mol. The van der Waals surface area contributed by atoms with Gasteiger partial charge in [0, 0.05) is 30.4 Å². The molecule has 0 fully saturated rings. The monoisotopic (exact) mass is 438 g/mol. The van der Waals surface area contributed by atoms with Crippen LogP contribution in [0.25, 0.3) is 11.0 Å². The van der Waals surface area contributed by atoms with Gasteiger partial charge in [-0.2, -0.15) is 0 Å². The first kappa shape index (κ1) is 21.7. The quantitative estimate of drug-likeness (QED) is 0.424. The van der Waals surface area contributed by atoms with E-state index in [4.69, 9.17) is 23.4 Å². The fourth-order valence-electron chi connectivity index (χ4n) is 3.91. The molecule has 0 bridgehead atoms. The zero-order chi connectivity index (χ0) is 22.9. The van der Waals surface area contributed by atoms with Gasteiger partial charge in [-0.25, -0.2) is 4.79 Å². The fourth-order valence-corrected chi connectivity index (χ4v) is 3.91. The summed E-state index contributed by atoms with van der Waals surface area (Å²) in [6.07, 6.45) is 0.716. The summed E-state index contributed by atoms with van der Waals surface area (Å²) in [6, 6.07) is 12.2. The lowest BCUT2D eigenvalue weighted by Gasteiger charge is -2.39. The molecule has 1 aliphatic heterocycles. The smallest absolute Gasteiger partial charge is 0.336 e. The normalized spacial score (nSPS) is 16.7. The minimum atomic E-state index is -0.737. The Labute approximate surface area is 185 Å². The summed E-state index contributed by atoms with van der Waals surface area (Å²) in [5.74, 6) is 1.72. The predicted molar refractivity (Wildman–Crippen MR) is 119 cm³/mol. The van der Waals surface area contributed by atoms with Gasteiger partial charge in [0.25, 0.3) is 0 Å². The largest absolute Gasteiger partial charge is 0.497 e. The summed E-state index contributed by atoms with van der Waals surface area (Å²) in [4.78, 5) is 24.2. The van der Waals surface area contributed by atoms with Crippen molar-refractivity contribution in [2.45, 2.75) is 44.8 Å². The van der Waals surface area contributed by atoms with E-state index in [1.807, 2.05) is 38.1 Å². The van der Waals surface area contributed by atoms with Gasteiger partial charge in [0.1, 0.15) is 34.5 Å². The third kappa shape index (κ3) is 4.42. The maximum atomic E-state index is 12.7. The maximum absolute atomic E-state index is 12.7. The van der Waals surface area contributed by atoms with Crippen LogP contribution in [0.5, 0.6) is 17.2 Å². The van der Waals surface area contributed by atoms with Crippen LogP contribution in [-0.2, 0) is 22.4 Å². The molecule has 4 rings (SSSR count). The number of hydrogen-bond donors (Lipinski definition) is 0. The highest BCUT2D eigenvalue weighted by Gasteiger charge is 2.40. The number of rotatable bonds is 6. The van der Waals surface area contributed by atoms with Crippen LogP contribution in [0.1, 0.15) is 31.4 Å². The number of hydrogen-bond acceptors (Lipinski definition) is 7. The predicted octanol–water partition coefficient (Wildman–Crippen LogP) is 4.07. The van der Waals surface area contributed by atoms with E-state index in [0.29, 0.717) is 35.7 Å². The fraction of sp³-hybridized carbons (Fsp3) is 0.360. The van der Waals surface area contributed by atoms with Crippen molar-refractivity contribution < 1.29 is 28.2 Å². The van der Waals surface area contributed by atoms with Crippen molar-refractivity contribution in [2.75, 3.05) is 14.2 Å². The molecule has 2 heterocycles. The lowest BCUT2D eigenvalue weighted by molar-refractivity contribution is -0.161. The first-order valence-corrected chi connectivity index (χ1v) is 10.5. The lowest BCUT2D eigenvalue weighted by Crippen LogP contribution is -2.48. The molecule has 2 aromatic carbocycles. The van der Waals surface area contributed by atoms with Gasteiger partial charge in [0.05, 0.1) is 14.2 Å². The molecular weight excluding hydrogens is 412 g/mol. The summed E-state index contributed by atoms with van der Waals surface area (Å²) in [7, 11) is 3.19. The second-order valence-electron chi connectivity index (χ2n) is 8.32. The molecule has 0 amide bonds. The third-order valence-corrected chi connectivity index (χ3v) is 5.72. The highest BCUT2D eigenvalue weighted by atomic mass is 16.6. The molecular formula is C25H26O7. The van der Waals surface area contributed by atoms with Crippen molar-refractivity contribution in [1.29, 1.82) is 0 Å². The van der Waals surface area contributed by atoms with E-state index in [2.05, 4.69) is 0 Å². The summed E-state index contributed by atoms with van der Waals surface area (Å²) < 4.78 is 27.9. The van der Waals surface area contributed by atoms with Crippen LogP contribution in [0.2, 0.25) is 0 Å². The molecule has 7 heteroatoms. The summed E-state index contributed by atoms with van der Waals surface area (Å²) in [6.45, 7) is 3.76. The van der Waals surface area contributed by atoms with Crippen molar-refractivity contribution in [3.05, 3.63) is 64.0 Å². The third-order valence-electron chi connectivity index (χ3n) is 5.72. The van der Waals surface area contributed by atoms with Crippen LogP contribution in [0.4, 0.5) is 0 Å². The zero-order valence-corrected chi connectivity index (χ0v) is 18.6. The molecule has 1 aliphatic rings. The van der Waals surface area contributed by atoms with Gasteiger partial charge >= 0.3 is 11.6 Å². The van der Waals surface area contributed by atoms with Crippen LogP contribution in [-0.4, -0.2) is 31.9 Å². The van der Waals surface area contributed by atoms with E-state index < -0.39 is 17.3 Å². The van der Waals surface area contributed by atoms with E-state index >= 15 is 0 Å². The highest BCUT2D eigenvalue weighted by molar-refractivity contribution is 5.79. The molecule has 32 heavy (non-hydrogen) atoms. The Bertz CT molecular complexity index is 1210. The molecule has 3 aromatic rings. The Kier molecular flexibility index (Phi) is 5.82. The average Bonchev–Trinajstić information content (AvgIpc) is 2.76. The van der Waals surface area contributed by atoms with Crippen LogP contribution >= 0.6 is 0 Å². The molecule has 1 atom stereocenters. The SMILES string of the molecule is COc1ccc(OC)c(CCC(=O)O[C@H]2Cc3cc4ccc(=O)oc4cc3OC2(C)C)c1. The Hall–Kier alpha value is -3.48. The van der Waals surface area contributed by atoms with Crippen LogP contribution in [0.3, 0.4) is 0 Å². The first-order chi connectivity index (χ1) is 15.3. The van der Waals surface area contributed by atoms with Gasteiger partial charge in [-0.15, -0.1) is 0 Å². The van der Waals surface area contributed by atoms with E-state index in [1.165, 1.54) is 6.07 Å². The van der Waals surface area contributed by atoms with Gasteiger partial charge in [-0.1, -0.05) is 0 Å². The van der Waals surface area contributed by atoms with Crippen molar-refractivity contribution >= 4 is 16.9 Å². The molecule has 1 aromatic heterocycles. The van der Waals surface area contributed by atoms with E-state index in [1.54, 1.807) is 26.4 Å². The number of esters is 1. The van der Waals surface area contributed by atoms with E-state index in [9.17, 15) is 9.59 Å². The van der Waals surface area contributed by atoms with Crippen molar-refractivity contribution in [1.82, 2.24) is 0 Å². The molecule has 7 nitrogen and oxygen atoms in total. The molecule has 168 valence electrons. The van der Waals surface area contributed by atoms with Crippen LogP contribution in [0, 0.1) is 0 Å². The lowest BCUT2D eigenvalue weighted by atomic mass is 9.90. The summed E-state index contributed by atoms with van der Waals surface area (Å²) in [5, 5.41) is 0.793. The van der Waals surface area contributed by atoms with Crippen molar-refractivity contribution in [2.24, 2.45) is 0 Å². The molecule has 0 aliphatic carbocycles. The number of benzene rings is 2. The van der Waals surface area contributed by atoms with Crippen LogP contribution < -0.4 is 19.8 Å². The number of methoxy groups -OCH3 is 2. The molecule has 0 radical (unpaired) electrons. The molecule has 0 saturated heterocycles. The Morgan fingerprint density at radius 3 is 2.66 bits per heavy atom. The topological polar surface area (TPSA) is 84.2 Å². The Morgan fingerprint density at radius 1 is 1.09 bits per heavy atom. The summed E-state index contributed by atoms with van der Waals surface area (Å²) >= 11 is 0. The Balaban J connectivity index is 1.48. The van der Waals surface area contributed by atoms with Gasteiger partial charge in [0.15, 0.2) is 0 Å². The second kappa shape index (κ2) is 8.57. The van der Waals surface area contributed by atoms with Crippen LogP contribution in [0.15, 0.2) is 51.7 Å². The molecule has 0 spiro atoms. The highest BCUT2D eigenvalue weighted by Crippen LogP contribution is 2.37. The van der Waals surface area contributed by atoms with E-state index in [0.717, 1.165) is 16.5 Å². The first-order valence-electron chi connectivity index (χ1n) is 10.5. The minimum Gasteiger partial charge on any atom is -0.497 e. The number of aryl methyl sites for hydroxylation is 1. The number of carbonyl (C=O) groups excluding carboxylic acids is 1. The number of carbonyl (C=O) groups is 1. The number of fused-ring (bicyclic) bond motifs is 2. The standard InChI is InChI=1S/C25H26O7/c1-25(2)22(13-17-11-15-5-9-23(26)30-20(15)14-21(17)32-25)31-24(27)10-6-16-12-18(28-3)7-8-19(16)29-4/h5,7-9,11-12,14,22H,6,10,13H2,1-4H3/t22-/m0/s1. The van der Waals surface area contributed by atoms with Gasteiger partial charge in [-0.3, -0.25) is 4.79 Å². The number of ether oxygens (including phenoxy) is 4.